The minimum Gasteiger partial charge on any atom is -0.388 e. The summed E-state index contributed by atoms with van der Waals surface area (Å²) in [5, 5.41) is 6.04. The summed E-state index contributed by atoms with van der Waals surface area (Å²) in [7, 11) is 0. The first-order valence-electron chi connectivity index (χ1n) is 6.32. The molecule has 1 atom stereocenters. The van der Waals surface area contributed by atoms with E-state index in [1.807, 2.05) is 19.9 Å². The zero-order chi connectivity index (χ0) is 14.3. The third kappa shape index (κ3) is 5.65. The molecule has 0 saturated carbocycles. The molecule has 0 fully saturated rings. The van der Waals surface area contributed by atoms with Crippen molar-refractivity contribution in [2.45, 2.75) is 32.7 Å². The number of nitrogens with one attached hydrogen (secondary N) is 2. The van der Waals surface area contributed by atoms with Crippen molar-refractivity contribution in [1.29, 1.82) is 0 Å². The molecule has 6 heteroatoms. The fraction of sp³-hybridized carbons (Fsp3) is 0.462. The molecule has 0 aliphatic carbocycles. The van der Waals surface area contributed by atoms with E-state index in [2.05, 4.69) is 15.6 Å². The minimum atomic E-state index is 0.0505. The molecule has 0 bridgehead atoms. The third-order valence-electron chi connectivity index (χ3n) is 2.72. The molecule has 0 radical (unpaired) electrons. The molecule has 1 unspecified atom stereocenters. The van der Waals surface area contributed by atoms with Crippen LogP contribution in [-0.2, 0) is 4.79 Å². The Bertz CT molecular complexity index is 433. The summed E-state index contributed by atoms with van der Waals surface area (Å²) in [6.45, 7) is 4.60. The molecule has 1 rings (SSSR count). The summed E-state index contributed by atoms with van der Waals surface area (Å²) >= 11 is 4.82. The molecule has 0 aliphatic rings. The van der Waals surface area contributed by atoms with Crippen molar-refractivity contribution >= 4 is 28.8 Å². The monoisotopic (exact) mass is 280 g/mol. The molecule has 0 saturated heterocycles. The van der Waals surface area contributed by atoms with Gasteiger partial charge in [-0.25, -0.2) is 0 Å². The number of anilines is 1. The average Bonchev–Trinajstić information content (AvgIpc) is 2.39. The Hall–Kier alpha value is -1.69. The van der Waals surface area contributed by atoms with Crippen molar-refractivity contribution in [1.82, 2.24) is 10.3 Å². The predicted octanol–water partition coefficient (Wildman–Crippen LogP) is 1.43. The van der Waals surface area contributed by atoms with Gasteiger partial charge in [0, 0.05) is 19.0 Å². The number of thiocarbonyl (C=S) groups is 1. The Labute approximate surface area is 119 Å². The summed E-state index contributed by atoms with van der Waals surface area (Å²) in [5.74, 6) is 0.0505. The van der Waals surface area contributed by atoms with Gasteiger partial charge in [0.25, 0.3) is 0 Å². The standard InChI is InChI=1S/C13H20N4OS/c1-3-9(2)17-12(18)6-7-15-10-4-5-11(13(14)19)16-8-10/h4-5,8-9,15H,3,6-7H2,1-2H3,(H2,14,19)(H,17,18). The van der Waals surface area contributed by atoms with Gasteiger partial charge >= 0.3 is 0 Å². The predicted molar refractivity (Wildman–Crippen MR) is 81.1 cm³/mol. The van der Waals surface area contributed by atoms with Gasteiger partial charge < -0.3 is 16.4 Å². The molecule has 0 aliphatic heterocycles. The number of hydrogen-bond acceptors (Lipinski definition) is 4. The number of nitrogens with zero attached hydrogens (tertiary/aromatic N) is 1. The number of rotatable bonds is 7. The fourth-order valence-corrected chi connectivity index (χ4v) is 1.53. The van der Waals surface area contributed by atoms with E-state index in [0.29, 0.717) is 18.7 Å². The van der Waals surface area contributed by atoms with Crippen molar-refractivity contribution in [3.8, 4) is 0 Å². The van der Waals surface area contributed by atoms with E-state index in [1.54, 1.807) is 12.3 Å². The van der Waals surface area contributed by atoms with Crippen LogP contribution >= 0.6 is 12.2 Å². The molecular weight excluding hydrogens is 260 g/mol. The van der Waals surface area contributed by atoms with E-state index in [1.165, 1.54) is 0 Å². The highest BCUT2D eigenvalue weighted by molar-refractivity contribution is 7.80. The van der Waals surface area contributed by atoms with E-state index in [0.717, 1.165) is 12.1 Å². The maximum absolute atomic E-state index is 11.5. The van der Waals surface area contributed by atoms with Crippen molar-refractivity contribution in [2.24, 2.45) is 5.73 Å². The highest BCUT2D eigenvalue weighted by atomic mass is 32.1. The summed E-state index contributed by atoms with van der Waals surface area (Å²) < 4.78 is 0. The Morgan fingerprint density at radius 2 is 2.26 bits per heavy atom. The minimum absolute atomic E-state index is 0.0505. The second-order valence-electron chi connectivity index (χ2n) is 4.35. The smallest absolute Gasteiger partial charge is 0.221 e. The van der Waals surface area contributed by atoms with Crippen LogP contribution in [0.15, 0.2) is 18.3 Å². The summed E-state index contributed by atoms with van der Waals surface area (Å²) in [5.41, 5.74) is 6.90. The highest BCUT2D eigenvalue weighted by Crippen LogP contribution is 2.06. The average molecular weight is 280 g/mol. The molecule has 4 N–H and O–H groups in total. The van der Waals surface area contributed by atoms with E-state index >= 15 is 0 Å². The number of carbonyl (C=O) groups is 1. The zero-order valence-corrected chi connectivity index (χ0v) is 12.1. The van der Waals surface area contributed by atoms with Crippen LogP contribution in [-0.4, -0.2) is 28.5 Å². The number of pyridine rings is 1. The Morgan fingerprint density at radius 1 is 1.53 bits per heavy atom. The van der Waals surface area contributed by atoms with Crippen LogP contribution in [0.5, 0.6) is 0 Å². The van der Waals surface area contributed by atoms with Gasteiger partial charge in [-0.15, -0.1) is 0 Å². The molecule has 0 aromatic carbocycles. The lowest BCUT2D eigenvalue weighted by Gasteiger charge is -2.11. The molecular formula is C13H20N4OS. The summed E-state index contributed by atoms with van der Waals surface area (Å²) in [4.78, 5) is 15.9. The SMILES string of the molecule is CCC(C)NC(=O)CCNc1ccc(C(N)=S)nc1. The van der Waals surface area contributed by atoms with E-state index in [9.17, 15) is 4.79 Å². The first-order valence-corrected chi connectivity index (χ1v) is 6.72. The molecule has 104 valence electrons. The van der Waals surface area contributed by atoms with Crippen LogP contribution < -0.4 is 16.4 Å². The number of nitrogens with two attached hydrogens (primary N) is 1. The first kappa shape index (κ1) is 15.4. The number of aromatic nitrogens is 1. The largest absolute Gasteiger partial charge is 0.388 e. The van der Waals surface area contributed by atoms with Crippen LogP contribution in [0.25, 0.3) is 0 Å². The third-order valence-corrected chi connectivity index (χ3v) is 2.93. The molecule has 1 aromatic rings. The van der Waals surface area contributed by atoms with Crippen molar-refractivity contribution in [3.63, 3.8) is 0 Å². The van der Waals surface area contributed by atoms with Gasteiger partial charge in [0.15, 0.2) is 0 Å². The quantitative estimate of drug-likeness (QED) is 0.658. The summed E-state index contributed by atoms with van der Waals surface area (Å²) in [6.07, 6.45) is 3.02. The fourth-order valence-electron chi connectivity index (χ4n) is 1.41. The van der Waals surface area contributed by atoms with Crippen LogP contribution in [0.4, 0.5) is 5.69 Å². The van der Waals surface area contributed by atoms with Gasteiger partial charge in [0.1, 0.15) is 4.99 Å². The van der Waals surface area contributed by atoms with Crippen molar-refractivity contribution < 1.29 is 4.79 Å². The van der Waals surface area contributed by atoms with Gasteiger partial charge in [-0.2, -0.15) is 0 Å². The number of hydrogen-bond donors (Lipinski definition) is 3. The Kier molecular flexibility index (Phi) is 6.21. The lowest BCUT2D eigenvalue weighted by molar-refractivity contribution is -0.121. The van der Waals surface area contributed by atoms with Crippen molar-refractivity contribution in [2.75, 3.05) is 11.9 Å². The maximum Gasteiger partial charge on any atom is 0.221 e. The molecule has 1 aromatic heterocycles. The molecule has 5 nitrogen and oxygen atoms in total. The van der Waals surface area contributed by atoms with Gasteiger partial charge in [-0.1, -0.05) is 19.1 Å². The second kappa shape index (κ2) is 7.68. The van der Waals surface area contributed by atoms with Crippen molar-refractivity contribution in [3.05, 3.63) is 24.0 Å². The van der Waals surface area contributed by atoms with Crippen LogP contribution in [0.3, 0.4) is 0 Å². The van der Waals surface area contributed by atoms with E-state index in [-0.39, 0.29) is 16.9 Å². The molecule has 19 heavy (non-hydrogen) atoms. The molecule has 1 heterocycles. The van der Waals surface area contributed by atoms with Crippen LogP contribution in [0.1, 0.15) is 32.4 Å². The van der Waals surface area contributed by atoms with Gasteiger partial charge in [0.2, 0.25) is 5.91 Å². The lowest BCUT2D eigenvalue weighted by Crippen LogP contribution is -2.32. The Morgan fingerprint density at radius 3 is 2.79 bits per heavy atom. The van der Waals surface area contributed by atoms with Crippen LogP contribution in [0, 0.1) is 0 Å². The maximum atomic E-state index is 11.5. The molecule has 1 amide bonds. The van der Waals surface area contributed by atoms with Gasteiger partial charge in [0.05, 0.1) is 17.6 Å². The van der Waals surface area contributed by atoms with Crippen LogP contribution in [0.2, 0.25) is 0 Å². The topological polar surface area (TPSA) is 80.0 Å². The first-order chi connectivity index (χ1) is 9.02. The van der Waals surface area contributed by atoms with Gasteiger partial charge in [-0.3, -0.25) is 9.78 Å². The normalized spacial score (nSPS) is 11.7. The number of amides is 1. The van der Waals surface area contributed by atoms with E-state index in [4.69, 9.17) is 18.0 Å². The Balaban J connectivity index is 2.33. The lowest BCUT2D eigenvalue weighted by atomic mass is 10.2. The molecule has 0 spiro atoms. The summed E-state index contributed by atoms with van der Waals surface area (Å²) in [6, 6.07) is 3.82. The second-order valence-corrected chi connectivity index (χ2v) is 4.79. The number of carbonyl (C=O) groups excluding carboxylic acids is 1. The van der Waals surface area contributed by atoms with E-state index < -0.39 is 0 Å². The zero-order valence-electron chi connectivity index (χ0n) is 11.3. The highest BCUT2D eigenvalue weighted by Gasteiger charge is 2.05. The van der Waals surface area contributed by atoms with Gasteiger partial charge in [-0.05, 0) is 25.5 Å².